The third kappa shape index (κ3) is 7.53. The minimum absolute atomic E-state index is 0.0173. The van der Waals surface area contributed by atoms with Crippen LogP contribution in [0.2, 0.25) is 0 Å². The van der Waals surface area contributed by atoms with Crippen LogP contribution in [0.3, 0.4) is 0 Å². The maximum atomic E-state index is 11.7. The topological polar surface area (TPSA) is 67.2 Å². The monoisotopic (exact) mass is 269 g/mol. The van der Waals surface area contributed by atoms with Crippen molar-refractivity contribution in [1.82, 2.24) is 10.6 Å². The van der Waals surface area contributed by atoms with Gasteiger partial charge in [0.15, 0.2) is 0 Å². The van der Waals surface area contributed by atoms with Crippen LogP contribution in [-0.2, 0) is 4.79 Å². The molecule has 4 N–H and O–H groups in total. The van der Waals surface area contributed by atoms with E-state index in [-0.39, 0.29) is 11.9 Å². The molecular formula is C15H31N3O. The van der Waals surface area contributed by atoms with Gasteiger partial charge in [-0.15, -0.1) is 0 Å². The van der Waals surface area contributed by atoms with Crippen molar-refractivity contribution in [2.45, 2.75) is 70.9 Å². The van der Waals surface area contributed by atoms with Crippen LogP contribution in [-0.4, -0.2) is 31.1 Å². The summed E-state index contributed by atoms with van der Waals surface area (Å²) >= 11 is 0. The molecule has 0 aromatic heterocycles. The van der Waals surface area contributed by atoms with E-state index in [2.05, 4.69) is 24.5 Å². The molecule has 0 heterocycles. The zero-order valence-corrected chi connectivity index (χ0v) is 12.6. The highest BCUT2D eigenvalue weighted by molar-refractivity contribution is 5.81. The molecule has 0 radical (unpaired) electrons. The Balaban J connectivity index is 2.07. The van der Waals surface area contributed by atoms with E-state index in [1.54, 1.807) is 0 Å². The number of carbonyl (C=O) groups is 1. The molecule has 0 aliphatic heterocycles. The van der Waals surface area contributed by atoms with Gasteiger partial charge in [0.1, 0.15) is 0 Å². The van der Waals surface area contributed by atoms with Crippen molar-refractivity contribution in [2.24, 2.45) is 11.7 Å². The molecule has 0 aromatic carbocycles. The van der Waals surface area contributed by atoms with E-state index in [4.69, 9.17) is 5.73 Å². The number of hydrogen-bond donors (Lipinski definition) is 3. The second kappa shape index (κ2) is 9.32. The first-order valence-electron chi connectivity index (χ1n) is 7.86. The van der Waals surface area contributed by atoms with Gasteiger partial charge in [-0.1, -0.05) is 39.5 Å². The summed E-state index contributed by atoms with van der Waals surface area (Å²) in [7, 11) is 0. The molecule has 112 valence electrons. The van der Waals surface area contributed by atoms with Crippen LogP contribution >= 0.6 is 0 Å². The molecule has 0 bridgehead atoms. The van der Waals surface area contributed by atoms with Crippen LogP contribution in [0.25, 0.3) is 0 Å². The highest BCUT2D eigenvalue weighted by atomic mass is 16.2. The SMILES string of the molecule is CC(C)C[C@H](N)C(=O)NCCNC1CCCCCC1. The molecule has 0 spiro atoms. The van der Waals surface area contributed by atoms with Gasteiger partial charge in [0, 0.05) is 19.1 Å². The van der Waals surface area contributed by atoms with Gasteiger partial charge in [-0.05, 0) is 25.2 Å². The van der Waals surface area contributed by atoms with Crippen molar-refractivity contribution in [3.05, 3.63) is 0 Å². The van der Waals surface area contributed by atoms with Gasteiger partial charge in [0.05, 0.1) is 6.04 Å². The smallest absolute Gasteiger partial charge is 0.236 e. The molecule has 1 amide bonds. The fourth-order valence-electron chi connectivity index (χ4n) is 2.69. The maximum Gasteiger partial charge on any atom is 0.236 e. The first-order chi connectivity index (χ1) is 9.09. The molecule has 1 saturated carbocycles. The molecule has 0 saturated heterocycles. The van der Waals surface area contributed by atoms with Crippen LogP contribution in [0, 0.1) is 5.92 Å². The zero-order valence-electron chi connectivity index (χ0n) is 12.6. The third-order valence-corrected chi connectivity index (χ3v) is 3.77. The number of hydrogen-bond acceptors (Lipinski definition) is 3. The standard InChI is InChI=1S/C15H31N3O/c1-12(2)11-14(16)15(19)18-10-9-17-13-7-5-3-4-6-8-13/h12-14,17H,3-11,16H2,1-2H3,(H,18,19)/t14-/m0/s1. The molecule has 4 nitrogen and oxygen atoms in total. The number of rotatable bonds is 7. The predicted molar refractivity (Wildman–Crippen MR) is 79.9 cm³/mol. The fourth-order valence-corrected chi connectivity index (χ4v) is 2.69. The Labute approximate surface area is 117 Å². The Hall–Kier alpha value is -0.610. The molecule has 4 heteroatoms. The Morgan fingerprint density at radius 1 is 1.16 bits per heavy atom. The lowest BCUT2D eigenvalue weighted by atomic mass is 10.0. The fraction of sp³-hybridized carbons (Fsp3) is 0.933. The molecule has 1 atom stereocenters. The molecule has 1 fully saturated rings. The summed E-state index contributed by atoms with van der Waals surface area (Å²) in [5.74, 6) is 0.446. The summed E-state index contributed by atoms with van der Waals surface area (Å²) in [5, 5.41) is 6.46. The largest absolute Gasteiger partial charge is 0.353 e. The van der Waals surface area contributed by atoms with Crippen molar-refractivity contribution in [3.8, 4) is 0 Å². The van der Waals surface area contributed by atoms with Gasteiger partial charge in [-0.2, -0.15) is 0 Å². The van der Waals surface area contributed by atoms with Gasteiger partial charge in [0.2, 0.25) is 5.91 Å². The van der Waals surface area contributed by atoms with Crippen LogP contribution in [0.15, 0.2) is 0 Å². The van der Waals surface area contributed by atoms with Gasteiger partial charge in [-0.3, -0.25) is 4.79 Å². The third-order valence-electron chi connectivity index (χ3n) is 3.77. The van der Waals surface area contributed by atoms with E-state index >= 15 is 0 Å². The highest BCUT2D eigenvalue weighted by Crippen LogP contribution is 2.16. The van der Waals surface area contributed by atoms with Gasteiger partial charge in [-0.25, -0.2) is 0 Å². The van der Waals surface area contributed by atoms with Gasteiger partial charge >= 0.3 is 0 Å². The van der Waals surface area contributed by atoms with Crippen LogP contribution in [0.1, 0.15) is 58.8 Å². The van der Waals surface area contributed by atoms with E-state index < -0.39 is 0 Å². The van der Waals surface area contributed by atoms with Crippen molar-refractivity contribution in [3.63, 3.8) is 0 Å². The first kappa shape index (κ1) is 16.4. The van der Waals surface area contributed by atoms with E-state index in [1.807, 2.05) is 0 Å². The van der Waals surface area contributed by atoms with Gasteiger partial charge < -0.3 is 16.4 Å². The van der Waals surface area contributed by atoms with Crippen molar-refractivity contribution in [2.75, 3.05) is 13.1 Å². The van der Waals surface area contributed by atoms with E-state index in [1.165, 1.54) is 38.5 Å². The van der Waals surface area contributed by atoms with E-state index in [0.717, 1.165) is 13.0 Å². The van der Waals surface area contributed by atoms with Crippen molar-refractivity contribution < 1.29 is 4.79 Å². The Kier molecular flexibility index (Phi) is 8.07. The lowest BCUT2D eigenvalue weighted by Crippen LogP contribution is -2.44. The summed E-state index contributed by atoms with van der Waals surface area (Å²) in [5.41, 5.74) is 5.83. The maximum absolute atomic E-state index is 11.7. The average molecular weight is 269 g/mol. The summed E-state index contributed by atoms with van der Waals surface area (Å²) < 4.78 is 0. The van der Waals surface area contributed by atoms with E-state index in [9.17, 15) is 4.79 Å². The minimum atomic E-state index is -0.363. The predicted octanol–water partition coefficient (Wildman–Crippen LogP) is 1.79. The summed E-state index contributed by atoms with van der Waals surface area (Å²) in [6, 6.07) is 0.279. The second-order valence-corrected chi connectivity index (χ2v) is 6.17. The van der Waals surface area contributed by atoms with E-state index in [0.29, 0.717) is 18.5 Å². The van der Waals surface area contributed by atoms with Crippen LogP contribution < -0.4 is 16.4 Å². The molecule has 19 heavy (non-hydrogen) atoms. The van der Waals surface area contributed by atoms with Gasteiger partial charge in [0.25, 0.3) is 0 Å². The summed E-state index contributed by atoms with van der Waals surface area (Å²) in [4.78, 5) is 11.7. The van der Waals surface area contributed by atoms with Crippen LogP contribution in [0.5, 0.6) is 0 Å². The highest BCUT2D eigenvalue weighted by Gasteiger charge is 2.15. The molecule has 1 rings (SSSR count). The number of carbonyl (C=O) groups excluding carboxylic acids is 1. The lowest BCUT2D eigenvalue weighted by Gasteiger charge is -2.17. The molecule has 1 aliphatic carbocycles. The minimum Gasteiger partial charge on any atom is -0.353 e. The first-order valence-corrected chi connectivity index (χ1v) is 7.86. The molecular weight excluding hydrogens is 238 g/mol. The zero-order chi connectivity index (χ0) is 14.1. The Bertz CT molecular complexity index is 248. The average Bonchev–Trinajstić information content (AvgIpc) is 2.62. The number of nitrogens with one attached hydrogen (secondary N) is 2. The van der Waals surface area contributed by atoms with Crippen molar-refractivity contribution >= 4 is 5.91 Å². The summed E-state index contributed by atoms with van der Waals surface area (Å²) in [6.07, 6.45) is 8.73. The molecule has 0 unspecified atom stereocenters. The van der Waals surface area contributed by atoms with Crippen LogP contribution in [0.4, 0.5) is 0 Å². The Morgan fingerprint density at radius 3 is 2.37 bits per heavy atom. The Morgan fingerprint density at radius 2 is 1.79 bits per heavy atom. The number of nitrogens with two attached hydrogens (primary N) is 1. The quantitative estimate of drug-likeness (QED) is 0.487. The second-order valence-electron chi connectivity index (χ2n) is 6.17. The lowest BCUT2D eigenvalue weighted by molar-refractivity contribution is -0.122. The normalized spacial score (nSPS) is 19.2. The molecule has 0 aromatic rings. The summed E-state index contributed by atoms with van der Waals surface area (Å²) in [6.45, 7) is 5.70. The number of amides is 1. The molecule has 1 aliphatic rings. The van der Waals surface area contributed by atoms with Crippen molar-refractivity contribution in [1.29, 1.82) is 0 Å².